The Morgan fingerprint density at radius 1 is 0.941 bits per heavy atom. The summed E-state index contributed by atoms with van der Waals surface area (Å²) in [6.45, 7) is 4.12. The van der Waals surface area contributed by atoms with Gasteiger partial charge in [0, 0.05) is 24.0 Å². The van der Waals surface area contributed by atoms with Crippen LogP contribution in [0, 0.1) is 5.82 Å². The maximum Gasteiger partial charge on any atom is 0.243 e. The number of hydrogen-bond donors (Lipinski definition) is 1. The summed E-state index contributed by atoms with van der Waals surface area (Å²) in [5.74, 6) is -0.802. The van der Waals surface area contributed by atoms with Crippen molar-refractivity contribution in [2.24, 2.45) is 0 Å². The maximum atomic E-state index is 13.6. The maximum absolute atomic E-state index is 13.6. The molecule has 0 spiro atoms. The van der Waals surface area contributed by atoms with Gasteiger partial charge in [0.05, 0.1) is 6.42 Å². The van der Waals surface area contributed by atoms with Gasteiger partial charge < -0.3 is 10.2 Å². The van der Waals surface area contributed by atoms with Gasteiger partial charge in [-0.05, 0) is 48.2 Å². The molecule has 0 aliphatic rings. The summed E-state index contributed by atoms with van der Waals surface area (Å²) in [7, 11) is 0. The third kappa shape index (κ3) is 7.16. The van der Waals surface area contributed by atoms with E-state index in [0.717, 1.165) is 17.5 Å². The Kier molecular flexibility index (Phi) is 9.23. The molecule has 2 amide bonds. The molecular weight excluding hydrogens is 451 g/mol. The minimum absolute atomic E-state index is 0.0277. The summed E-state index contributed by atoms with van der Waals surface area (Å²) in [6.07, 6.45) is 1.19. The van der Waals surface area contributed by atoms with Crippen molar-refractivity contribution < 1.29 is 14.0 Å². The van der Waals surface area contributed by atoms with E-state index in [-0.39, 0.29) is 36.6 Å². The zero-order valence-corrected chi connectivity index (χ0v) is 20.3. The highest BCUT2D eigenvalue weighted by Gasteiger charge is 2.31. The van der Waals surface area contributed by atoms with Gasteiger partial charge >= 0.3 is 0 Å². The number of carbonyl (C=O) groups excluding carboxylic acids is 2. The fraction of sp³-hybridized carbons (Fsp3) is 0.286. The van der Waals surface area contributed by atoms with E-state index in [2.05, 4.69) is 5.32 Å². The number of hydrogen-bond acceptors (Lipinski definition) is 2. The fourth-order valence-electron chi connectivity index (χ4n) is 3.68. The molecule has 3 rings (SSSR count). The molecule has 1 N–H and O–H groups in total. The monoisotopic (exact) mass is 480 g/mol. The Bertz CT molecular complexity index is 1090. The van der Waals surface area contributed by atoms with Crippen molar-refractivity contribution in [1.82, 2.24) is 10.2 Å². The molecule has 2 unspecified atom stereocenters. The lowest BCUT2D eigenvalue weighted by Gasteiger charge is -2.32. The number of halogens is 2. The number of nitrogens with one attached hydrogen (secondary N) is 1. The summed E-state index contributed by atoms with van der Waals surface area (Å²) in [5.41, 5.74) is 2.38. The molecule has 0 aromatic heterocycles. The third-order valence-corrected chi connectivity index (χ3v) is 6.21. The summed E-state index contributed by atoms with van der Waals surface area (Å²) >= 11 is 6.42. The average molecular weight is 481 g/mol. The first-order valence-corrected chi connectivity index (χ1v) is 11.9. The molecule has 4 nitrogen and oxygen atoms in total. The molecule has 0 fully saturated rings. The highest BCUT2D eigenvalue weighted by molar-refractivity contribution is 6.31. The number of rotatable bonds is 10. The molecule has 0 bridgehead atoms. The normalized spacial score (nSPS) is 12.6. The molecule has 0 radical (unpaired) electrons. The largest absolute Gasteiger partial charge is 0.352 e. The van der Waals surface area contributed by atoms with Crippen LogP contribution in [0.3, 0.4) is 0 Å². The summed E-state index contributed by atoms with van der Waals surface area (Å²) in [5, 5.41) is 3.57. The van der Waals surface area contributed by atoms with E-state index in [1.807, 2.05) is 62.4 Å². The molecule has 0 aliphatic heterocycles. The van der Waals surface area contributed by atoms with Crippen molar-refractivity contribution in [2.45, 2.75) is 51.7 Å². The van der Waals surface area contributed by atoms with Gasteiger partial charge in [0.1, 0.15) is 11.9 Å². The van der Waals surface area contributed by atoms with Crippen molar-refractivity contribution in [3.05, 3.63) is 106 Å². The van der Waals surface area contributed by atoms with Crippen LogP contribution in [0.15, 0.2) is 78.9 Å². The highest BCUT2D eigenvalue weighted by Crippen LogP contribution is 2.21. The molecule has 178 valence electrons. The molecule has 2 atom stereocenters. The Labute approximate surface area is 205 Å². The van der Waals surface area contributed by atoms with Crippen LogP contribution in [-0.2, 0) is 29.0 Å². The lowest BCUT2D eigenvalue weighted by Crippen LogP contribution is -2.52. The third-order valence-electron chi connectivity index (χ3n) is 5.84. The molecule has 0 aliphatic carbocycles. The van der Waals surface area contributed by atoms with Gasteiger partial charge in [0.15, 0.2) is 0 Å². The smallest absolute Gasteiger partial charge is 0.243 e. The van der Waals surface area contributed by atoms with Crippen molar-refractivity contribution in [3.63, 3.8) is 0 Å². The van der Waals surface area contributed by atoms with Crippen molar-refractivity contribution in [1.29, 1.82) is 0 Å². The van der Waals surface area contributed by atoms with Crippen LogP contribution in [0.5, 0.6) is 0 Å². The van der Waals surface area contributed by atoms with Gasteiger partial charge in [-0.25, -0.2) is 4.39 Å². The lowest BCUT2D eigenvalue weighted by molar-refractivity contribution is -0.141. The molecule has 3 aromatic carbocycles. The molecule has 0 heterocycles. The minimum atomic E-state index is -0.736. The van der Waals surface area contributed by atoms with E-state index in [4.69, 9.17) is 11.6 Å². The predicted octanol–water partition coefficient (Wildman–Crippen LogP) is 5.58. The Morgan fingerprint density at radius 3 is 2.24 bits per heavy atom. The SMILES string of the molecule is CCC(C)NC(=O)C(Cc1ccccc1)N(Cc1ccccc1Cl)C(=O)Cc1ccc(F)cc1. The first-order chi connectivity index (χ1) is 16.4. The predicted molar refractivity (Wildman–Crippen MR) is 134 cm³/mol. The fourth-order valence-corrected chi connectivity index (χ4v) is 3.88. The zero-order chi connectivity index (χ0) is 24.5. The van der Waals surface area contributed by atoms with Crippen LogP contribution >= 0.6 is 11.6 Å². The number of amides is 2. The van der Waals surface area contributed by atoms with Gasteiger partial charge in [-0.15, -0.1) is 0 Å². The molecule has 0 saturated heterocycles. The van der Waals surface area contributed by atoms with Crippen molar-refractivity contribution in [2.75, 3.05) is 0 Å². The Morgan fingerprint density at radius 2 is 1.59 bits per heavy atom. The van der Waals surface area contributed by atoms with Crippen LogP contribution in [0.25, 0.3) is 0 Å². The zero-order valence-electron chi connectivity index (χ0n) is 19.5. The molecule has 3 aromatic rings. The first-order valence-electron chi connectivity index (χ1n) is 11.5. The van der Waals surface area contributed by atoms with E-state index in [0.29, 0.717) is 17.0 Å². The molecular formula is C28H30ClFN2O2. The lowest BCUT2D eigenvalue weighted by atomic mass is 10.0. The van der Waals surface area contributed by atoms with Gasteiger partial charge in [0.2, 0.25) is 11.8 Å². The van der Waals surface area contributed by atoms with Crippen LogP contribution < -0.4 is 5.32 Å². The van der Waals surface area contributed by atoms with Crippen molar-refractivity contribution >= 4 is 23.4 Å². The van der Waals surface area contributed by atoms with E-state index < -0.39 is 6.04 Å². The van der Waals surface area contributed by atoms with Crippen molar-refractivity contribution in [3.8, 4) is 0 Å². The summed E-state index contributed by atoms with van der Waals surface area (Å²) in [6, 6.07) is 22.0. The van der Waals surface area contributed by atoms with Crippen LogP contribution in [-0.4, -0.2) is 28.8 Å². The van der Waals surface area contributed by atoms with E-state index >= 15 is 0 Å². The summed E-state index contributed by atoms with van der Waals surface area (Å²) in [4.78, 5) is 28.7. The number of benzene rings is 3. The summed E-state index contributed by atoms with van der Waals surface area (Å²) < 4.78 is 13.4. The quantitative estimate of drug-likeness (QED) is 0.412. The Hall–Kier alpha value is -3.18. The van der Waals surface area contributed by atoms with Crippen LogP contribution in [0.2, 0.25) is 5.02 Å². The average Bonchev–Trinajstić information content (AvgIpc) is 2.84. The molecule has 34 heavy (non-hydrogen) atoms. The molecule has 6 heteroatoms. The topological polar surface area (TPSA) is 49.4 Å². The number of nitrogens with zero attached hydrogens (tertiary/aromatic N) is 1. The van der Waals surface area contributed by atoms with Crippen LogP contribution in [0.1, 0.15) is 37.0 Å². The number of carbonyl (C=O) groups is 2. The van der Waals surface area contributed by atoms with Gasteiger partial charge in [0.25, 0.3) is 0 Å². The standard InChI is InChI=1S/C28H30ClFN2O2/c1-3-20(2)31-28(34)26(17-21-9-5-4-6-10-21)32(19-23-11-7-8-12-25(23)29)27(33)18-22-13-15-24(30)16-14-22/h4-16,20,26H,3,17-19H2,1-2H3,(H,31,34). The Balaban J connectivity index is 1.97. The molecule has 0 saturated carbocycles. The van der Waals surface area contributed by atoms with Gasteiger partial charge in [-0.1, -0.05) is 79.2 Å². The minimum Gasteiger partial charge on any atom is -0.352 e. The first kappa shape index (κ1) is 25.4. The van der Waals surface area contributed by atoms with E-state index in [1.54, 1.807) is 23.1 Å². The second-order valence-electron chi connectivity index (χ2n) is 8.44. The van der Waals surface area contributed by atoms with Crippen LogP contribution in [0.4, 0.5) is 4.39 Å². The van der Waals surface area contributed by atoms with E-state index in [9.17, 15) is 14.0 Å². The van der Waals surface area contributed by atoms with Gasteiger partial charge in [-0.2, -0.15) is 0 Å². The highest BCUT2D eigenvalue weighted by atomic mass is 35.5. The second kappa shape index (κ2) is 12.3. The van der Waals surface area contributed by atoms with Gasteiger partial charge in [-0.3, -0.25) is 9.59 Å². The van der Waals surface area contributed by atoms with E-state index in [1.165, 1.54) is 12.1 Å². The second-order valence-corrected chi connectivity index (χ2v) is 8.85.